The van der Waals surface area contributed by atoms with Crippen molar-refractivity contribution in [1.82, 2.24) is 4.98 Å². The minimum absolute atomic E-state index is 0.119. The van der Waals surface area contributed by atoms with Crippen LogP contribution < -0.4 is 0 Å². The zero-order chi connectivity index (χ0) is 18.2. The van der Waals surface area contributed by atoms with E-state index in [9.17, 15) is 0 Å². The van der Waals surface area contributed by atoms with Crippen LogP contribution in [0.3, 0.4) is 0 Å². The van der Waals surface area contributed by atoms with Crippen LogP contribution in [0.15, 0.2) is 24.4 Å². The van der Waals surface area contributed by atoms with E-state index in [1.165, 1.54) is 5.56 Å². The van der Waals surface area contributed by atoms with Crippen LogP contribution in [0.2, 0.25) is 0 Å². The Kier molecular flexibility index (Phi) is 12.2. The molecule has 0 spiro atoms. The molecule has 0 radical (unpaired) electrons. The number of nitrogens with zero attached hydrogens (tertiary/aromatic N) is 1. The molecular formula is C15H26Cl4NOTi+. The first-order chi connectivity index (χ1) is 9.71. The molecule has 128 valence electrons. The molecular weight excluding hydrogens is 400 g/mol. The Labute approximate surface area is 154 Å². The molecule has 22 heavy (non-hydrogen) atoms. The molecule has 0 bridgehead atoms. The number of rotatable bonds is 0. The van der Waals surface area contributed by atoms with Gasteiger partial charge in [0.15, 0.2) is 0 Å². The summed E-state index contributed by atoms with van der Waals surface area (Å²) in [5.74, 6) is 0. The van der Waals surface area contributed by atoms with Crippen molar-refractivity contribution in [3.05, 3.63) is 35.7 Å². The van der Waals surface area contributed by atoms with Crippen molar-refractivity contribution in [2.24, 2.45) is 0 Å². The SMILES string of the molecule is CC(C)(C)c1ccnc(C(C)(C)C)[cH+]c1.CO.[Cl][Ti]([Cl])([Cl])[Cl]. The van der Waals surface area contributed by atoms with Gasteiger partial charge in [0.05, 0.1) is 17.0 Å². The van der Waals surface area contributed by atoms with Crippen LogP contribution in [-0.4, -0.2) is 17.2 Å². The first-order valence-corrected chi connectivity index (χ1v) is 15.3. The second kappa shape index (κ2) is 10.7. The van der Waals surface area contributed by atoms with Crippen molar-refractivity contribution in [1.29, 1.82) is 0 Å². The van der Waals surface area contributed by atoms with Gasteiger partial charge in [0.2, 0.25) is 0 Å². The van der Waals surface area contributed by atoms with Crippen LogP contribution >= 0.6 is 37.2 Å². The molecule has 2 nitrogen and oxygen atoms in total. The van der Waals surface area contributed by atoms with Crippen LogP contribution in [0.5, 0.6) is 0 Å². The van der Waals surface area contributed by atoms with Crippen LogP contribution in [0.25, 0.3) is 0 Å². The zero-order valence-electron chi connectivity index (χ0n) is 14.2. The number of hydrogen-bond donors (Lipinski definition) is 1. The van der Waals surface area contributed by atoms with E-state index < -0.39 is 12.3 Å². The fourth-order valence-electron chi connectivity index (χ4n) is 1.41. The maximum absolute atomic E-state index is 7.00. The van der Waals surface area contributed by atoms with Gasteiger partial charge < -0.3 is 5.11 Å². The summed E-state index contributed by atoms with van der Waals surface area (Å²) in [7, 11) is 21.1. The van der Waals surface area contributed by atoms with Crippen LogP contribution in [0.1, 0.15) is 52.8 Å². The van der Waals surface area contributed by atoms with Crippen LogP contribution in [0, 0.1) is 0 Å². The van der Waals surface area contributed by atoms with Gasteiger partial charge in [0, 0.05) is 24.8 Å². The third-order valence-corrected chi connectivity index (χ3v) is 2.52. The third kappa shape index (κ3) is 14.4. The molecule has 0 amide bonds. The average molecular weight is 426 g/mol. The first-order valence-electron chi connectivity index (χ1n) is 6.72. The van der Waals surface area contributed by atoms with E-state index in [-0.39, 0.29) is 10.8 Å². The molecule has 7 heteroatoms. The quantitative estimate of drug-likeness (QED) is 0.389. The molecule has 1 heterocycles. The van der Waals surface area contributed by atoms with Gasteiger partial charge in [-0.2, -0.15) is 0 Å². The molecule has 1 rings (SSSR count). The number of hydrogen-bond acceptors (Lipinski definition) is 2. The van der Waals surface area contributed by atoms with E-state index in [1.54, 1.807) is 0 Å². The summed E-state index contributed by atoms with van der Waals surface area (Å²) < 4.78 is 0. The van der Waals surface area contributed by atoms with Gasteiger partial charge in [-0.3, -0.25) is 0 Å². The Morgan fingerprint density at radius 2 is 1.36 bits per heavy atom. The van der Waals surface area contributed by atoms with Gasteiger partial charge >= 0.3 is 49.6 Å². The number of aliphatic hydroxyl groups excluding tert-OH is 1. The second-order valence-electron chi connectivity index (χ2n) is 6.55. The van der Waals surface area contributed by atoms with Crippen LogP contribution in [-0.2, 0) is 23.2 Å². The van der Waals surface area contributed by atoms with E-state index in [0.29, 0.717) is 0 Å². The summed E-state index contributed by atoms with van der Waals surface area (Å²) in [5.41, 5.74) is 2.77. The van der Waals surface area contributed by atoms with Crippen molar-refractivity contribution in [3.8, 4) is 0 Å². The Bertz CT molecular complexity index is 403. The summed E-state index contributed by atoms with van der Waals surface area (Å²) >= 11 is -3.11. The van der Waals surface area contributed by atoms with Crippen molar-refractivity contribution >= 4 is 37.2 Å². The molecule has 0 saturated heterocycles. The van der Waals surface area contributed by atoms with Gasteiger partial charge in [-0.1, -0.05) is 20.8 Å². The van der Waals surface area contributed by atoms with Crippen molar-refractivity contribution < 1.29 is 17.5 Å². The standard InChI is InChI=1S/C14H22N.CH4O.4ClH.Ti/c1-13(2,3)11-7-8-12(14(4,5)6)15-10-9-11;1-2;;;;;/h7-10H,1-6H3;2H,1H3;4*1H;/q+1;;;;;;+4/p-4. The Morgan fingerprint density at radius 3 is 1.68 bits per heavy atom. The first kappa shape index (κ1) is 25.1. The third-order valence-electron chi connectivity index (χ3n) is 2.52. The van der Waals surface area contributed by atoms with Crippen molar-refractivity contribution in [3.63, 3.8) is 0 Å². The predicted molar refractivity (Wildman–Crippen MR) is 97.6 cm³/mol. The number of aliphatic hydroxyl groups is 1. The van der Waals surface area contributed by atoms with E-state index in [1.807, 2.05) is 6.20 Å². The molecule has 0 unspecified atom stereocenters. The molecule has 1 N–H and O–H groups in total. The minimum atomic E-state index is -3.11. The molecule has 0 fully saturated rings. The topological polar surface area (TPSA) is 33.1 Å². The normalized spacial score (nSPS) is 11.6. The molecule has 1 aromatic rings. The zero-order valence-corrected chi connectivity index (χ0v) is 18.8. The number of halogens is 4. The Morgan fingerprint density at radius 1 is 0.955 bits per heavy atom. The van der Waals surface area contributed by atoms with Crippen molar-refractivity contribution in [2.45, 2.75) is 52.4 Å². The summed E-state index contributed by atoms with van der Waals surface area (Å²) in [5, 5.41) is 7.00. The fraction of sp³-hybridized carbons (Fsp3) is 0.600. The second-order valence-corrected chi connectivity index (χ2v) is 22.0. The number of aromatic nitrogens is 1. The summed E-state index contributed by atoms with van der Waals surface area (Å²) in [6.45, 7) is 13.2. The molecule has 0 saturated carbocycles. The summed E-state index contributed by atoms with van der Waals surface area (Å²) in [6, 6.07) is 6.43. The monoisotopic (exact) mass is 424 g/mol. The maximum atomic E-state index is 7.00. The Balaban J connectivity index is 0. The average Bonchev–Trinajstić information content (AvgIpc) is 2.53. The Hall–Kier alpha value is 0.854. The van der Waals surface area contributed by atoms with E-state index in [0.717, 1.165) is 12.8 Å². The summed E-state index contributed by atoms with van der Waals surface area (Å²) in [4.78, 5) is 4.49. The molecule has 0 aliphatic rings. The van der Waals surface area contributed by atoms with Gasteiger partial charge in [-0.25, -0.2) is 4.98 Å². The fourth-order valence-corrected chi connectivity index (χ4v) is 1.41. The van der Waals surface area contributed by atoms with Crippen molar-refractivity contribution in [2.75, 3.05) is 7.11 Å². The van der Waals surface area contributed by atoms with Gasteiger partial charge in [-0.15, -0.1) is 0 Å². The van der Waals surface area contributed by atoms with Gasteiger partial charge in [-0.05, 0) is 20.8 Å². The summed E-state index contributed by atoms with van der Waals surface area (Å²) in [6.07, 6.45) is 1.92. The predicted octanol–water partition coefficient (Wildman–Crippen LogP) is 6.32. The molecule has 1 aromatic heterocycles. The van der Waals surface area contributed by atoms with E-state index >= 15 is 0 Å². The molecule has 0 aliphatic carbocycles. The molecule has 0 aliphatic heterocycles. The molecule has 0 aromatic carbocycles. The van der Waals surface area contributed by atoms with Crippen LogP contribution in [0.4, 0.5) is 0 Å². The molecule has 0 atom stereocenters. The van der Waals surface area contributed by atoms with Gasteiger partial charge in [0.1, 0.15) is 11.8 Å². The van der Waals surface area contributed by atoms with E-state index in [4.69, 9.17) is 42.3 Å². The van der Waals surface area contributed by atoms with E-state index in [2.05, 4.69) is 64.7 Å². The van der Waals surface area contributed by atoms with Gasteiger partial charge in [0.25, 0.3) is 0 Å².